The van der Waals surface area contributed by atoms with Gasteiger partial charge in [0.25, 0.3) is 0 Å². The Balaban J connectivity index is 2.27. The van der Waals surface area contributed by atoms with Crippen molar-refractivity contribution in [1.29, 1.82) is 0 Å². The lowest BCUT2D eigenvalue weighted by atomic mass is 10.7. The molecule has 0 bridgehead atoms. The minimum Gasteiger partial charge on any atom is -0.152 e. The summed E-state index contributed by atoms with van der Waals surface area (Å²) < 4.78 is 0. The van der Waals surface area contributed by atoms with Crippen LogP contribution in [0.4, 0.5) is 0 Å². The topological polar surface area (TPSA) is 0 Å². The minimum atomic E-state index is -0.604. The van der Waals surface area contributed by atoms with Gasteiger partial charge in [-0.05, 0) is 33.7 Å². The van der Waals surface area contributed by atoms with Crippen molar-refractivity contribution in [2.24, 2.45) is 0 Å². The molecule has 0 aromatic carbocycles. The van der Waals surface area contributed by atoms with Crippen LogP contribution in [0, 0.1) is 0 Å². The van der Waals surface area contributed by atoms with E-state index >= 15 is 0 Å². The van der Waals surface area contributed by atoms with Crippen LogP contribution in [0.15, 0.2) is 33.7 Å². The lowest BCUT2D eigenvalue weighted by molar-refractivity contribution is 2.11. The van der Waals surface area contributed by atoms with Crippen molar-refractivity contribution in [3.8, 4) is 0 Å². The first-order chi connectivity index (χ1) is 5.88. The molecule has 2 rings (SSSR count). The van der Waals surface area contributed by atoms with Crippen molar-refractivity contribution >= 4 is 51.8 Å². The predicted molar refractivity (Wildman–Crippen MR) is 60.7 cm³/mol. The molecule has 0 saturated heterocycles. The summed E-state index contributed by atoms with van der Waals surface area (Å²) in [6.45, 7) is 0. The van der Waals surface area contributed by atoms with Crippen molar-refractivity contribution in [2.75, 3.05) is 0 Å². The molecule has 12 heavy (non-hydrogen) atoms. The zero-order valence-corrected chi connectivity index (χ0v) is 9.39. The van der Waals surface area contributed by atoms with E-state index in [4.69, 9.17) is 11.2 Å². The molecule has 2 aromatic heterocycles. The molecule has 0 N–H and O–H groups in total. The molecule has 0 radical (unpaired) electrons. The number of halogens is 1. The van der Waals surface area contributed by atoms with E-state index in [1.807, 2.05) is 0 Å². The number of thiophene rings is 2. The molecule has 0 nitrogen and oxygen atoms in total. The highest BCUT2D eigenvalue weighted by Crippen LogP contribution is 2.39. The molecule has 0 amide bonds. The van der Waals surface area contributed by atoms with Crippen LogP contribution < -0.4 is 10.6 Å². The van der Waals surface area contributed by atoms with Crippen LogP contribution in [0.5, 0.6) is 0 Å². The molecule has 0 unspecified atom stereocenters. The van der Waals surface area contributed by atoms with Gasteiger partial charge in [-0.25, -0.2) is 0 Å². The molecule has 62 valence electrons. The molecule has 2 aromatic rings. The highest BCUT2D eigenvalue weighted by atomic mass is 35.7. The van der Waals surface area contributed by atoms with Crippen LogP contribution in [0.2, 0.25) is 0 Å². The molecule has 0 saturated carbocycles. The van der Waals surface area contributed by atoms with Crippen LogP contribution in [-0.2, 0) is 0 Å². The zero-order valence-electron chi connectivity index (χ0n) is 6.11. The Labute approximate surface area is 85.4 Å². The number of hydrogen-bond donors (Lipinski definition) is 0. The molecule has 0 aliphatic carbocycles. The van der Waals surface area contributed by atoms with Crippen molar-refractivity contribution < 1.29 is 0 Å². The first-order valence-electron chi connectivity index (χ1n) is 3.38. The van der Waals surface area contributed by atoms with Gasteiger partial charge in [0.05, 0.1) is 7.27 Å². The van der Waals surface area contributed by atoms with E-state index in [1.54, 1.807) is 22.7 Å². The third-order valence-corrected chi connectivity index (χ3v) is 5.82. The average Bonchev–Trinajstić information content (AvgIpc) is 2.77. The molecule has 0 aliphatic rings. The molecular formula is C8H6ClPS2. The highest BCUT2D eigenvalue weighted by molar-refractivity contribution is 7.96. The summed E-state index contributed by atoms with van der Waals surface area (Å²) in [6.07, 6.45) is 0. The standard InChI is InChI=1S/C8H6ClPS2/c9-10(7-1-3-11-5-7)8-2-4-12-6-8/h1-6H. The van der Waals surface area contributed by atoms with E-state index in [9.17, 15) is 0 Å². The summed E-state index contributed by atoms with van der Waals surface area (Å²) >= 11 is 9.69. The van der Waals surface area contributed by atoms with Crippen molar-refractivity contribution in [1.82, 2.24) is 0 Å². The normalized spacial score (nSPS) is 10.8. The Bertz CT molecular complexity index is 294. The van der Waals surface area contributed by atoms with E-state index in [2.05, 4.69) is 33.7 Å². The second-order valence-electron chi connectivity index (χ2n) is 2.24. The Hall–Kier alpha value is 0.120. The molecule has 0 fully saturated rings. The van der Waals surface area contributed by atoms with Gasteiger partial charge >= 0.3 is 0 Å². The second-order valence-corrected chi connectivity index (χ2v) is 6.41. The fourth-order valence-corrected chi connectivity index (χ4v) is 5.00. The maximum atomic E-state index is 6.29. The second kappa shape index (κ2) is 3.89. The molecule has 4 heteroatoms. The van der Waals surface area contributed by atoms with Gasteiger partial charge in [0.2, 0.25) is 0 Å². The maximum absolute atomic E-state index is 6.29. The molecule has 0 atom stereocenters. The fraction of sp³-hybridized carbons (Fsp3) is 0. The monoisotopic (exact) mass is 232 g/mol. The van der Waals surface area contributed by atoms with Crippen LogP contribution in [0.1, 0.15) is 0 Å². The zero-order chi connectivity index (χ0) is 8.39. The lowest BCUT2D eigenvalue weighted by Gasteiger charge is -2.03. The van der Waals surface area contributed by atoms with Gasteiger partial charge in [-0.2, -0.15) is 22.7 Å². The largest absolute Gasteiger partial charge is 0.152 e. The van der Waals surface area contributed by atoms with Crippen molar-refractivity contribution in [2.45, 2.75) is 0 Å². The number of hydrogen-bond acceptors (Lipinski definition) is 2. The summed E-state index contributed by atoms with van der Waals surface area (Å²) in [5.74, 6) is 0. The summed E-state index contributed by atoms with van der Waals surface area (Å²) in [5, 5.41) is 10.9. The van der Waals surface area contributed by atoms with Gasteiger partial charge in [0.1, 0.15) is 0 Å². The molecule has 0 aliphatic heterocycles. The first-order valence-corrected chi connectivity index (χ1v) is 7.51. The van der Waals surface area contributed by atoms with Crippen LogP contribution in [0.25, 0.3) is 0 Å². The third kappa shape index (κ3) is 1.72. The number of rotatable bonds is 2. The fourth-order valence-electron chi connectivity index (χ4n) is 0.887. The van der Waals surface area contributed by atoms with Crippen LogP contribution >= 0.6 is 41.2 Å². The highest BCUT2D eigenvalue weighted by Gasteiger charge is 2.10. The third-order valence-electron chi connectivity index (χ3n) is 1.47. The van der Waals surface area contributed by atoms with Gasteiger partial charge in [-0.1, -0.05) is 11.2 Å². The van der Waals surface area contributed by atoms with Crippen molar-refractivity contribution in [3.63, 3.8) is 0 Å². The molecular weight excluding hydrogens is 227 g/mol. The molecule has 2 heterocycles. The summed E-state index contributed by atoms with van der Waals surface area (Å²) in [7, 11) is -0.604. The van der Waals surface area contributed by atoms with E-state index in [0.29, 0.717) is 0 Å². The Morgan fingerprint density at radius 3 is 1.83 bits per heavy atom. The van der Waals surface area contributed by atoms with E-state index in [-0.39, 0.29) is 0 Å². The van der Waals surface area contributed by atoms with Gasteiger partial charge in [0.15, 0.2) is 0 Å². The van der Waals surface area contributed by atoms with Gasteiger partial charge in [0, 0.05) is 10.6 Å². The van der Waals surface area contributed by atoms with Gasteiger partial charge < -0.3 is 0 Å². The van der Waals surface area contributed by atoms with Crippen LogP contribution in [-0.4, -0.2) is 0 Å². The van der Waals surface area contributed by atoms with E-state index < -0.39 is 7.27 Å². The first kappa shape index (κ1) is 8.71. The quantitative estimate of drug-likeness (QED) is 0.697. The predicted octanol–water partition coefficient (Wildman–Crippen LogP) is 3.40. The smallest absolute Gasteiger partial charge is 0.0541 e. The summed E-state index contributed by atoms with van der Waals surface area (Å²) in [4.78, 5) is 0. The lowest BCUT2D eigenvalue weighted by Crippen LogP contribution is -2.02. The summed E-state index contributed by atoms with van der Waals surface area (Å²) in [5.41, 5.74) is 0. The Morgan fingerprint density at radius 2 is 1.50 bits per heavy atom. The Kier molecular flexibility index (Phi) is 2.82. The van der Waals surface area contributed by atoms with Crippen LogP contribution in [0.3, 0.4) is 0 Å². The van der Waals surface area contributed by atoms with E-state index in [1.165, 1.54) is 10.6 Å². The van der Waals surface area contributed by atoms with Gasteiger partial charge in [-0.15, -0.1) is 0 Å². The molecule has 0 spiro atoms. The average molecular weight is 233 g/mol. The minimum absolute atomic E-state index is 0.604. The van der Waals surface area contributed by atoms with Crippen molar-refractivity contribution in [3.05, 3.63) is 33.7 Å². The Morgan fingerprint density at radius 1 is 1.00 bits per heavy atom. The summed E-state index contributed by atoms with van der Waals surface area (Å²) in [6, 6.07) is 4.20. The maximum Gasteiger partial charge on any atom is 0.0541 e. The van der Waals surface area contributed by atoms with Gasteiger partial charge in [-0.3, -0.25) is 0 Å². The SMILES string of the molecule is ClP(c1ccsc1)c1ccsc1. The van der Waals surface area contributed by atoms with E-state index in [0.717, 1.165) is 0 Å².